The van der Waals surface area contributed by atoms with Crippen molar-refractivity contribution in [2.75, 3.05) is 18.4 Å². The second-order valence-electron chi connectivity index (χ2n) is 5.38. The number of benzene rings is 1. The lowest BCUT2D eigenvalue weighted by Gasteiger charge is -2.21. The second-order valence-corrected chi connectivity index (χ2v) is 5.79. The van der Waals surface area contributed by atoms with Crippen molar-refractivity contribution >= 4 is 29.3 Å². The fraction of sp³-hybridized carbons (Fsp3) is 0.429. The topological polar surface area (TPSA) is 69.6 Å². The molecule has 2 amide bonds. The monoisotopic (exact) mass is 296 g/mol. The predicted molar refractivity (Wildman–Crippen MR) is 77.1 cm³/mol. The van der Waals surface area contributed by atoms with Crippen molar-refractivity contribution in [1.82, 2.24) is 4.90 Å². The van der Waals surface area contributed by atoms with E-state index in [2.05, 4.69) is 5.32 Å². The number of nitrogens with zero attached hydrogens (tertiary/aromatic N) is 1. The number of amides is 2. The highest BCUT2D eigenvalue weighted by Crippen LogP contribution is 2.31. The van der Waals surface area contributed by atoms with Crippen molar-refractivity contribution in [1.29, 1.82) is 0 Å². The summed E-state index contributed by atoms with van der Waals surface area (Å²) < 4.78 is 0. The van der Waals surface area contributed by atoms with Crippen LogP contribution in [0.4, 0.5) is 10.5 Å². The Morgan fingerprint density at radius 3 is 2.75 bits per heavy atom. The molecule has 0 bridgehead atoms. The number of carboxylic acid groups (broad SMARTS) is 1. The Labute approximate surface area is 122 Å². The van der Waals surface area contributed by atoms with Crippen LogP contribution < -0.4 is 5.32 Å². The van der Waals surface area contributed by atoms with Gasteiger partial charge in [0.15, 0.2) is 0 Å². The van der Waals surface area contributed by atoms with E-state index in [1.807, 2.05) is 6.92 Å². The summed E-state index contributed by atoms with van der Waals surface area (Å²) in [5, 5.41) is 12.5. The van der Waals surface area contributed by atoms with Gasteiger partial charge in [-0.25, -0.2) is 4.79 Å². The van der Waals surface area contributed by atoms with Gasteiger partial charge >= 0.3 is 12.0 Å². The summed E-state index contributed by atoms with van der Waals surface area (Å²) in [4.78, 5) is 24.9. The molecule has 1 fully saturated rings. The maximum Gasteiger partial charge on any atom is 0.321 e. The van der Waals surface area contributed by atoms with Crippen LogP contribution in [0, 0.1) is 12.3 Å². The summed E-state index contributed by atoms with van der Waals surface area (Å²) in [5.74, 6) is -0.869. The van der Waals surface area contributed by atoms with Gasteiger partial charge in [0.25, 0.3) is 0 Å². The van der Waals surface area contributed by atoms with Gasteiger partial charge in [0, 0.05) is 23.8 Å². The first-order valence-corrected chi connectivity index (χ1v) is 6.76. The summed E-state index contributed by atoms with van der Waals surface area (Å²) >= 11 is 6.00. The number of likely N-dealkylation sites (tertiary alicyclic amines) is 1. The minimum absolute atomic E-state index is 0.216. The molecule has 0 aromatic heterocycles. The van der Waals surface area contributed by atoms with Crippen LogP contribution in [0.3, 0.4) is 0 Å². The zero-order chi connectivity index (χ0) is 14.9. The zero-order valence-electron chi connectivity index (χ0n) is 11.4. The lowest BCUT2D eigenvalue weighted by Crippen LogP contribution is -2.37. The van der Waals surface area contributed by atoms with E-state index in [-0.39, 0.29) is 12.6 Å². The molecule has 1 atom stereocenters. The molecule has 0 spiro atoms. The highest BCUT2D eigenvalue weighted by Gasteiger charge is 2.42. The molecule has 2 rings (SSSR count). The number of rotatable bonds is 2. The highest BCUT2D eigenvalue weighted by molar-refractivity contribution is 6.31. The highest BCUT2D eigenvalue weighted by atomic mass is 35.5. The molecular formula is C14H17ClN2O3. The molecule has 108 valence electrons. The molecule has 1 heterocycles. The first-order valence-electron chi connectivity index (χ1n) is 6.38. The molecule has 0 saturated carbocycles. The van der Waals surface area contributed by atoms with Gasteiger partial charge in [-0.3, -0.25) is 4.79 Å². The van der Waals surface area contributed by atoms with Crippen molar-refractivity contribution in [3.05, 3.63) is 28.8 Å². The van der Waals surface area contributed by atoms with Crippen LogP contribution in [0.5, 0.6) is 0 Å². The maximum atomic E-state index is 12.2. The number of carbonyl (C=O) groups is 2. The lowest BCUT2D eigenvalue weighted by molar-refractivity contribution is -0.146. The van der Waals surface area contributed by atoms with Gasteiger partial charge in [-0.1, -0.05) is 17.7 Å². The molecule has 5 nitrogen and oxygen atoms in total. The number of anilines is 1. The number of carbonyl (C=O) groups excluding carboxylic acids is 1. The van der Waals surface area contributed by atoms with E-state index in [9.17, 15) is 9.59 Å². The van der Waals surface area contributed by atoms with E-state index >= 15 is 0 Å². The van der Waals surface area contributed by atoms with Gasteiger partial charge in [0.05, 0.1) is 5.41 Å². The smallest absolute Gasteiger partial charge is 0.321 e. The van der Waals surface area contributed by atoms with Crippen LogP contribution >= 0.6 is 11.6 Å². The van der Waals surface area contributed by atoms with E-state index in [4.69, 9.17) is 16.7 Å². The van der Waals surface area contributed by atoms with Gasteiger partial charge < -0.3 is 15.3 Å². The summed E-state index contributed by atoms with van der Waals surface area (Å²) in [5.41, 5.74) is 0.579. The molecule has 2 N–H and O–H groups in total. The molecular weight excluding hydrogens is 280 g/mol. The number of halogens is 1. The van der Waals surface area contributed by atoms with Crippen molar-refractivity contribution < 1.29 is 14.7 Å². The summed E-state index contributed by atoms with van der Waals surface area (Å²) in [7, 11) is 0. The molecule has 1 aliphatic rings. The van der Waals surface area contributed by atoms with Gasteiger partial charge in [0.2, 0.25) is 0 Å². The van der Waals surface area contributed by atoms with Gasteiger partial charge in [-0.05, 0) is 38.0 Å². The Kier molecular flexibility index (Phi) is 3.90. The maximum absolute atomic E-state index is 12.2. The standard InChI is InChI=1S/C14H17ClN2O3/c1-9-10(15)4-3-5-11(9)16-13(20)17-7-6-14(2,8-17)12(18)19/h3-5H,6-8H2,1-2H3,(H,16,20)(H,18,19). The second kappa shape index (κ2) is 5.32. The molecule has 1 aliphatic heterocycles. The van der Waals surface area contributed by atoms with Crippen molar-refractivity contribution in [3.8, 4) is 0 Å². The molecule has 1 saturated heterocycles. The van der Waals surface area contributed by atoms with Gasteiger partial charge in [-0.15, -0.1) is 0 Å². The van der Waals surface area contributed by atoms with Gasteiger partial charge in [0.1, 0.15) is 0 Å². The van der Waals surface area contributed by atoms with E-state index < -0.39 is 11.4 Å². The number of nitrogens with one attached hydrogen (secondary N) is 1. The number of hydrogen-bond acceptors (Lipinski definition) is 2. The van der Waals surface area contributed by atoms with Crippen molar-refractivity contribution in [2.24, 2.45) is 5.41 Å². The van der Waals surface area contributed by atoms with Crippen LogP contribution in [-0.2, 0) is 4.79 Å². The Morgan fingerprint density at radius 1 is 1.45 bits per heavy atom. The minimum atomic E-state index is -0.869. The SMILES string of the molecule is Cc1c(Cl)cccc1NC(=O)N1CCC(C)(C(=O)O)C1. The molecule has 0 aliphatic carbocycles. The van der Waals surface area contributed by atoms with E-state index in [0.29, 0.717) is 23.7 Å². The summed E-state index contributed by atoms with van der Waals surface area (Å²) in [6.45, 7) is 4.14. The molecule has 20 heavy (non-hydrogen) atoms. The summed E-state index contributed by atoms with van der Waals surface area (Å²) in [6, 6.07) is 4.99. The average molecular weight is 297 g/mol. The predicted octanol–water partition coefficient (Wildman–Crippen LogP) is 2.98. The normalized spacial score (nSPS) is 21.9. The van der Waals surface area contributed by atoms with Crippen molar-refractivity contribution in [2.45, 2.75) is 20.3 Å². The number of hydrogen-bond donors (Lipinski definition) is 2. The van der Waals surface area contributed by atoms with Crippen LogP contribution in [0.25, 0.3) is 0 Å². The first-order chi connectivity index (χ1) is 9.33. The Hall–Kier alpha value is -1.75. The third-order valence-electron chi connectivity index (χ3n) is 3.79. The Morgan fingerprint density at radius 2 is 2.15 bits per heavy atom. The van der Waals surface area contributed by atoms with Gasteiger partial charge in [-0.2, -0.15) is 0 Å². The minimum Gasteiger partial charge on any atom is -0.481 e. The van der Waals surface area contributed by atoms with E-state index in [1.165, 1.54) is 4.90 Å². The molecule has 1 aromatic carbocycles. The number of urea groups is 1. The van der Waals surface area contributed by atoms with Crippen LogP contribution in [0.2, 0.25) is 5.02 Å². The van der Waals surface area contributed by atoms with Crippen LogP contribution in [-0.4, -0.2) is 35.1 Å². The molecule has 0 radical (unpaired) electrons. The van der Waals surface area contributed by atoms with Crippen LogP contribution in [0.1, 0.15) is 18.9 Å². The number of aliphatic carboxylic acids is 1. The number of carboxylic acids is 1. The fourth-order valence-corrected chi connectivity index (χ4v) is 2.42. The third-order valence-corrected chi connectivity index (χ3v) is 4.20. The quantitative estimate of drug-likeness (QED) is 0.881. The largest absolute Gasteiger partial charge is 0.481 e. The fourth-order valence-electron chi connectivity index (χ4n) is 2.25. The van der Waals surface area contributed by atoms with E-state index in [0.717, 1.165) is 5.56 Å². The Balaban J connectivity index is 2.07. The molecule has 1 aromatic rings. The molecule has 6 heteroatoms. The van der Waals surface area contributed by atoms with Crippen molar-refractivity contribution in [3.63, 3.8) is 0 Å². The lowest BCUT2D eigenvalue weighted by atomic mass is 9.90. The van der Waals surface area contributed by atoms with E-state index in [1.54, 1.807) is 25.1 Å². The average Bonchev–Trinajstić information content (AvgIpc) is 2.79. The van der Waals surface area contributed by atoms with Crippen LogP contribution in [0.15, 0.2) is 18.2 Å². The summed E-state index contributed by atoms with van der Waals surface area (Å²) in [6.07, 6.45) is 0.463. The zero-order valence-corrected chi connectivity index (χ0v) is 12.2. The molecule has 1 unspecified atom stereocenters. The first kappa shape index (κ1) is 14.7. The third kappa shape index (κ3) is 2.72. The Bertz CT molecular complexity index is 561.